The van der Waals surface area contributed by atoms with Gasteiger partial charge < -0.3 is 14.4 Å². The molecular weight excluding hydrogens is 811 g/mol. The van der Waals surface area contributed by atoms with Crippen LogP contribution in [0.15, 0.2) is 261 Å². The molecule has 11 aromatic rings. The van der Waals surface area contributed by atoms with E-state index in [4.69, 9.17) is 0 Å². The maximum Gasteiger partial charge on any atom is 0.0629 e. The Labute approximate surface area is 391 Å². The Morgan fingerprint density at radius 2 is 0.970 bits per heavy atom. The summed E-state index contributed by atoms with van der Waals surface area (Å²) >= 11 is 0. The Balaban J connectivity index is 0.907. The highest BCUT2D eigenvalue weighted by Crippen LogP contribution is 2.50. The first-order chi connectivity index (χ1) is 33.2. The Bertz CT molecular complexity index is 3670. The minimum Gasteiger partial charge on any atom is -0.333 e. The summed E-state index contributed by atoms with van der Waals surface area (Å²) in [5, 5.41) is 4.99. The molecule has 10 aromatic carbocycles. The molecule has 1 aromatic heterocycles. The van der Waals surface area contributed by atoms with E-state index in [-0.39, 0.29) is 6.04 Å². The second-order valence-corrected chi connectivity index (χ2v) is 17.7. The second-order valence-electron chi connectivity index (χ2n) is 17.7. The van der Waals surface area contributed by atoms with Crippen LogP contribution in [0.4, 0.5) is 28.4 Å². The third-order valence-electron chi connectivity index (χ3n) is 13.9. The maximum absolute atomic E-state index is 2.54. The van der Waals surface area contributed by atoms with E-state index in [1.807, 2.05) is 0 Å². The highest BCUT2D eigenvalue weighted by atomic mass is 15.2. The van der Waals surface area contributed by atoms with Crippen LogP contribution >= 0.6 is 0 Å². The zero-order valence-electron chi connectivity index (χ0n) is 36.8. The molecule has 0 fully saturated rings. The molecule has 3 nitrogen and oxygen atoms in total. The van der Waals surface area contributed by atoms with Gasteiger partial charge in [-0.1, -0.05) is 188 Å². The normalized spacial score (nSPS) is 15.0. The van der Waals surface area contributed by atoms with Crippen molar-refractivity contribution in [1.29, 1.82) is 0 Å². The molecule has 0 amide bonds. The van der Waals surface area contributed by atoms with Crippen LogP contribution in [0, 0.1) is 0 Å². The van der Waals surface area contributed by atoms with Gasteiger partial charge in [0, 0.05) is 56.3 Å². The number of fused-ring (bicyclic) bond motifs is 7. The topological polar surface area (TPSA) is 11.4 Å². The molecule has 0 spiro atoms. The molecule has 3 heteroatoms. The average Bonchev–Trinajstić information content (AvgIpc) is 3.92. The summed E-state index contributed by atoms with van der Waals surface area (Å²) in [6.45, 7) is 0. The molecular formula is C64H45N3. The number of nitrogens with zero attached hydrogens (tertiary/aromatic N) is 3. The highest BCUT2D eigenvalue weighted by Gasteiger charge is 2.38. The largest absolute Gasteiger partial charge is 0.333 e. The van der Waals surface area contributed by atoms with Crippen LogP contribution in [-0.4, -0.2) is 10.6 Å². The van der Waals surface area contributed by atoms with Crippen LogP contribution in [0.25, 0.3) is 71.6 Å². The van der Waals surface area contributed by atoms with Gasteiger partial charge in [-0.05, 0) is 111 Å². The molecule has 2 atom stereocenters. The lowest BCUT2D eigenvalue weighted by atomic mass is 9.91. The minimum absolute atomic E-state index is 0.226. The van der Waals surface area contributed by atoms with Gasteiger partial charge in [-0.3, -0.25) is 0 Å². The Morgan fingerprint density at radius 3 is 1.75 bits per heavy atom. The molecule has 67 heavy (non-hydrogen) atoms. The summed E-state index contributed by atoms with van der Waals surface area (Å²) < 4.78 is 2.39. The van der Waals surface area contributed by atoms with Crippen molar-refractivity contribution in [2.45, 2.75) is 12.0 Å². The molecule has 1 aliphatic carbocycles. The summed E-state index contributed by atoms with van der Waals surface area (Å²) in [4.78, 5) is 4.95. The van der Waals surface area contributed by atoms with Crippen molar-refractivity contribution in [3.63, 3.8) is 0 Å². The van der Waals surface area contributed by atoms with Crippen LogP contribution in [0.2, 0.25) is 0 Å². The Hall–Kier alpha value is -8.66. The monoisotopic (exact) mass is 855 g/mol. The highest BCUT2D eigenvalue weighted by molar-refractivity contribution is 6.09. The third kappa shape index (κ3) is 6.58. The number of hydrogen-bond donors (Lipinski definition) is 0. The second kappa shape index (κ2) is 16.1. The number of benzene rings is 10. The number of aromatic nitrogens is 1. The molecule has 0 saturated carbocycles. The molecule has 316 valence electrons. The van der Waals surface area contributed by atoms with E-state index in [1.165, 1.54) is 77.3 Å². The van der Waals surface area contributed by atoms with E-state index >= 15 is 0 Å². The summed E-state index contributed by atoms with van der Waals surface area (Å²) in [7, 11) is 0. The maximum atomic E-state index is 2.54. The lowest BCUT2D eigenvalue weighted by Crippen LogP contribution is -2.28. The SMILES string of the molecule is C1=CC2c3ccccc3N(c3ccccc3-c3ccc(N(c4ccc(-c5cccc(-n6c7ccccc7c7ccccc76)c5)cc4)c4ccccc4-c4ccc5ccccc5c4)cc3)C2C=C1. The summed E-state index contributed by atoms with van der Waals surface area (Å²) in [6.07, 6.45) is 9.08. The van der Waals surface area contributed by atoms with Crippen LogP contribution in [-0.2, 0) is 0 Å². The van der Waals surface area contributed by atoms with E-state index in [0.29, 0.717) is 5.92 Å². The van der Waals surface area contributed by atoms with Crippen molar-refractivity contribution in [2.75, 3.05) is 9.80 Å². The number of para-hydroxylation sites is 5. The van der Waals surface area contributed by atoms with E-state index in [9.17, 15) is 0 Å². The molecule has 0 bridgehead atoms. The van der Waals surface area contributed by atoms with Gasteiger partial charge >= 0.3 is 0 Å². The fourth-order valence-corrected chi connectivity index (χ4v) is 10.8. The molecule has 1 aliphatic heterocycles. The summed E-state index contributed by atoms with van der Waals surface area (Å²) in [5.41, 5.74) is 17.8. The molecule has 0 N–H and O–H groups in total. The summed E-state index contributed by atoms with van der Waals surface area (Å²) in [5.74, 6) is 0.322. The predicted octanol–water partition coefficient (Wildman–Crippen LogP) is 17.1. The lowest BCUT2D eigenvalue weighted by Gasteiger charge is -2.31. The fraction of sp³-hybridized carbons (Fsp3) is 0.0312. The van der Waals surface area contributed by atoms with E-state index in [1.54, 1.807) is 0 Å². The summed E-state index contributed by atoms with van der Waals surface area (Å²) in [6, 6.07) is 86.8. The van der Waals surface area contributed by atoms with Gasteiger partial charge in [0.15, 0.2) is 0 Å². The van der Waals surface area contributed by atoms with Crippen LogP contribution in [0.5, 0.6) is 0 Å². The van der Waals surface area contributed by atoms with Gasteiger partial charge in [0.1, 0.15) is 0 Å². The van der Waals surface area contributed by atoms with Crippen LogP contribution in [0.3, 0.4) is 0 Å². The molecule has 2 unspecified atom stereocenters. The van der Waals surface area contributed by atoms with Crippen molar-refractivity contribution in [3.05, 3.63) is 266 Å². The smallest absolute Gasteiger partial charge is 0.0629 e. The van der Waals surface area contributed by atoms with Crippen molar-refractivity contribution >= 4 is 61.0 Å². The predicted molar refractivity (Wildman–Crippen MR) is 283 cm³/mol. The quantitative estimate of drug-likeness (QED) is 0.151. The van der Waals surface area contributed by atoms with Crippen molar-refractivity contribution < 1.29 is 0 Å². The Morgan fingerprint density at radius 1 is 0.373 bits per heavy atom. The Kier molecular flexibility index (Phi) is 9.31. The van der Waals surface area contributed by atoms with E-state index in [2.05, 4.69) is 275 Å². The van der Waals surface area contributed by atoms with Crippen molar-refractivity contribution in [1.82, 2.24) is 4.57 Å². The zero-order chi connectivity index (χ0) is 44.3. The first kappa shape index (κ1) is 38.8. The molecule has 0 radical (unpaired) electrons. The van der Waals surface area contributed by atoms with Crippen LogP contribution < -0.4 is 9.80 Å². The van der Waals surface area contributed by atoms with Gasteiger partial charge in [-0.25, -0.2) is 0 Å². The fourth-order valence-electron chi connectivity index (χ4n) is 10.8. The average molecular weight is 856 g/mol. The molecule has 2 aliphatic rings. The standard InChI is InChI=1S/C64H45N3/c1-2-17-47-42-49(33-32-44(47)16-1)54-21-4-9-26-59(54)65(50-38-34-45(35-39-50)48-18-15-19-52(43-48)66-61-28-11-5-22-55(61)56-23-6-12-29-62(56)66)51-40-36-46(37-41-51)53-20-3-10-27-60(53)67-63-30-13-7-24-57(63)58-25-8-14-31-64(58)67/h1-43,57,63H. The van der Waals surface area contributed by atoms with Gasteiger partial charge in [0.25, 0.3) is 0 Å². The van der Waals surface area contributed by atoms with Gasteiger partial charge in [0.2, 0.25) is 0 Å². The van der Waals surface area contributed by atoms with Crippen LogP contribution in [0.1, 0.15) is 11.5 Å². The molecule has 0 saturated heterocycles. The minimum atomic E-state index is 0.226. The van der Waals surface area contributed by atoms with E-state index < -0.39 is 0 Å². The third-order valence-corrected chi connectivity index (χ3v) is 13.9. The van der Waals surface area contributed by atoms with Crippen molar-refractivity contribution in [3.8, 4) is 39.1 Å². The number of rotatable bonds is 8. The first-order valence-electron chi connectivity index (χ1n) is 23.3. The van der Waals surface area contributed by atoms with Crippen molar-refractivity contribution in [2.24, 2.45) is 0 Å². The number of allylic oxidation sites excluding steroid dienone is 2. The first-order valence-corrected chi connectivity index (χ1v) is 23.3. The van der Waals surface area contributed by atoms with Gasteiger partial charge in [-0.15, -0.1) is 0 Å². The van der Waals surface area contributed by atoms with E-state index in [0.717, 1.165) is 28.3 Å². The molecule has 13 rings (SSSR count). The van der Waals surface area contributed by atoms with Gasteiger partial charge in [-0.2, -0.15) is 0 Å². The number of anilines is 5. The lowest BCUT2D eigenvalue weighted by molar-refractivity contribution is 0.745. The molecule has 2 heterocycles. The zero-order valence-corrected chi connectivity index (χ0v) is 36.8. The number of hydrogen-bond acceptors (Lipinski definition) is 2. The van der Waals surface area contributed by atoms with Gasteiger partial charge in [0.05, 0.1) is 22.8 Å².